The van der Waals surface area contributed by atoms with E-state index < -0.39 is 6.04 Å². The van der Waals surface area contributed by atoms with Crippen molar-refractivity contribution in [3.05, 3.63) is 23.8 Å². The number of amides is 1. The van der Waals surface area contributed by atoms with E-state index in [1.54, 1.807) is 6.92 Å². The van der Waals surface area contributed by atoms with Crippen LogP contribution in [0.25, 0.3) is 0 Å². The second-order valence-electron chi connectivity index (χ2n) is 5.09. The molecule has 2 aliphatic rings. The topological polar surface area (TPSA) is 64.8 Å². The van der Waals surface area contributed by atoms with E-state index in [1.165, 1.54) is 0 Å². The van der Waals surface area contributed by atoms with Gasteiger partial charge in [0.1, 0.15) is 0 Å². The number of ether oxygens (including phenoxy) is 2. The Labute approximate surface area is 124 Å². The predicted octanol–water partition coefficient (Wildman–Crippen LogP) is 1.85. The molecule has 1 aromatic rings. The lowest BCUT2D eigenvalue weighted by Gasteiger charge is -2.26. The molecule has 1 amide bonds. The molecule has 1 aromatic carbocycles. The second-order valence-corrected chi connectivity index (χ2v) is 5.09. The fourth-order valence-corrected chi connectivity index (χ4v) is 2.76. The fraction of sp³-hybridized carbons (Fsp3) is 0.500. The highest BCUT2D eigenvalue weighted by atomic mass is 35.5. The minimum Gasteiger partial charge on any atom is -0.454 e. The molecule has 0 aliphatic carbocycles. The Kier molecular flexibility index (Phi) is 4.40. The van der Waals surface area contributed by atoms with Crippen LogP contribution in [0, 0.1) is 0 Å². The van der Waals surface area contributed by atoms with E-state index in [2.05, 4.69) is 0 Å². The van der Waals surface area contributed by atoms with Crippen LogP contribution in [0.15, 0.2) is 18.2 Å². The molecular weight excluding hydrogens is 280 g/mol. The number of halogens is 1. The first-order valence-corrected chi connectivity index (χ1v) is 6.62. The maximum absolute atomic E-state index is 12.1. The molecule has 0 aromatic heterocycles. The normalized spacial score (nSPS) is 21.5. The zero-order valence-electron chi connectivity index (χ0n) is 11.4. The van der Waals surface area contributed by atoms with Crippen molar-refractivity contribution in [3.8, 4) is 11.5 Å². The first-order chi connectivity index (χ1) is 9.16. The molecule has 2 N–H and O–H groups in total. The molecule has 20 heavy (non-hydrogen) atoms. The summed E-state index contributed by atoms with van der Waals surface area (Å²) >= 11 is 0. The molecule has 2 atom stereocenters. The molecule has 3 rings (SSSR count). The van der Waals surface area contributed by atoms with Gasteiger partial charge in [-0.25, -0.2) is 0 Å². The van der Waals surface area contributed by atoms with Crippen LogP contribution < -0.4 is 15.2 Å². The second kappa shape index (κ2) is 5.89. The largest absolute Gasteiger partial charge is 0.454 e. The Balaban J connectivity index is 0.00000147. The molecule has 2 heterocycles. The van der Waals surface area contributed by atoms with Gasteiger partial charge in [0.15, 0.2) is 11.5 Å². The summed E-state index contributed by atoms with van der Waals surface area (Å²) in [5.74, 6) is 1.55. The highest BCUT2D eigenvalue weighted by Crippen LogP contribution is 2.38. The van der Waals surface area contributed by atoms with E-state index in [1.807, 2.05) is 23.1 Å². The Morgan fingerprint density at radius 1 is 1.40 bits per heavy atom. The van der Waals surface area contributed by atoms with Gasteiger partial charge in [0.05, 0.1) is 12.1 Å². The van der Waals surface area contributed by atoms with Crippen molar-refractivity contribution in [1.29, 1.82) is 0 Å². The van der Waals surface area contributed by atoms with Crippen LogP contribution >= 0.6 is 12.4 Å². The van der Waals surface area contributed by atoms with Crippen molar-refractivity contribution in [1.82, 2.24) is 4.90 Å². The van der Waals surface area contributed by atoms with Crippen molar-refractivity contribution in [2.24, 2.45) is 5.73 Å². The lowest BCUT2D eigenvalue weighted by molar-refractivity contribution is -0.133. The van der Waals surface area contributed by atoms with Crippen LogP contribution in [-0.4, -0.2) is 30.2 Å². The van der Waals surface area contributed by atoms with Gasteiger partial charge in [-0.05, 0) is 37.5 Å². The summed E-state index contributed by atoms with van der Waals surface area (Å²) in [7, 11) is 0. The Hall–Kier alpha value is -1.46. The van der Waals surface area contributed by atoms with Crippen molar-refractivity contribution >= 4 is 18.3 Å². The molecular formula is C14H19ClN2O3. The summed E-state index contributed by atoms with van der Waals surface area (Å²) < 4.78 is 10.7. The van der Waals surface area contributed by atoms with Crippen molar-refractivity contribution in [2.75, 3.05) is 13.3 Å². The van der Waals surface area contributed by atoms with Crippen LogP contribution in [0.5, 0.6) is 11.5 Å². The van der Waals surface area contributed by atoms with E-state index in [0.717, 1.165) is 36.4 Å². The van der Waals surface area contributed by atoms with Gasteiger partial charge in [-0.15, -0.1) is 12.4 Å². The van der Waals surface area contributed by atoms with E-state index in [0.29, 0.717) is 0 Å². The maximum atomic E-state index is 12.1. The summed E-state index contributed by atoms with van der Waals surface area (Å²) in [6.07, 6.45) is 1.98. The third kappa shape index (κ3) is 2.55. The van der Waals surface area contributed by atoms with E-state index in [9.17, 15) is 4.79 Å². The maximum Gasteiger partial charge on any atom is 0.239 e. The van der Waals surface area contributed by atoms with Gasteiger partial charge in [0, 0.05) is 6.54 Å². The van der Waals surface area contributed by atoms with Crippen LogP contribution in [-0.2, 0) is 4.79 Å². The van der Waals surface area contributed by atoms with E-state index >= 15 is 0 Å². The van der Waals surface area contributed by atoms with Crippen LogP contribution in [0.4, 0.5) is 0 Å². The quantitative estimate of drug-likeness (QED) is 0.905. The lowest BCUT2D eigenvalue weighted by Crippen LogP contribution is -2.41. The SMILES string of the molecule is C[C@@H](N)C(=O)N1CCCC1c1ccc2c(c1)OCO2.Cl. The molecule has 1 saturated heterocycles. The van der Waals surface area contributed by atoms with Crippen LogP contribution in [0.1, 0.15) is 31.4 Å². The first-order valence-electron chi connectivity index (χ1n) is 6.62. The summed E-state index contributed by atoms with van der Waals surface area (Å²) in [6, 6.07) is 5.54. The number of nitrogens with two attached hydrogens (primary N) is 1. The molecule has 2 aliphatic heterocycles. The van der Waals surface area contributed by atoms with Gasteiger partial charge in [-0.3, -0.25) is 4.79 Å². The number of rotatable bonds is 2. The minimum absolute atomic E-state index is 0. The first kappa shape index (κ1) is 14.9. The number of hydrogen-bond donors (Lipinski definition) is 1. The minimum atomic E-state index is -0.449. The number of carbonyl (C=O) groups is 1. The van der Waals surface area contributed by atoms with Gasteiger partial charge in [0.2, 0.25) is 12.7 Å². The van der Waals surface area contributed by atoms with Crippen LogP contribution in [0.3, 0.4) is 0 Å². The summed E-state index contributed by atoms with van der Waals surface area (Å²) in [5, 5.41) is 0. The van der Waals surface area contributed by atoms with Crippen molar-refractivity contribution in [2.45, 2.75) is 31.8 Å². The summed E-state index contributed by atoms with van der Waals surface area (Å²) in [6.45, 7) is 2.78. The Bertz CT molecular complexity index is 507. The van der Waals surface area contributed by atoms with Crippen molar-refractivity contribution < 1.29 is 14.3 Å². The monoisotopic (exact) mass is 298 g/mol. The Morgan fingerprint density at radius 2 is 2.15 bits per heavy atom. The number of benzene rings is 1. The van der Waals surface area contributed by atoms with Gasteiger partial charge in [-0.1, -0.05) is 6.07 Å². The third-order valence-corrected chi connectivity index (χ3v) is 3.71. The number of hydrogen-bond acceptors (Lipinski definition) is 4. The van der Waals surface area contributed by atoms with Gasteiger partial charge in [0.25, 0.3) is 0 Å². The Morgan fingerprint density at radius 3 is 2.90 bits per heavy atom. The number of likely N-dealkylation sites (tertiary alicyclic amines) is 1. The molecule has 0 bridgehead atoms. The zero-order chi connectivity index (χ0) is 13.4. The molecule has 0 radical (unpaired) electrons. The predicted molar refractivity (Wildman–Crippen MR) is 77.2 cm³/mol. The lowest BCUT2D eigenvalue weighted by atomic mass is 10.0. The summed E-state index contributed by atoms with van der Waals surface area (Å²) in [5.41, 5.74) is 6.80. The fourth-order valence-electron chi connectivity index (χ4n) is 2.76. The smallest absolute Gasteiger partial charge is 0.239 e. The molecule has 0 spiro atoms. The number of carbonyl (C=O) groups excluding carboxylic acids is 1. The molecule has 0 saturated carbocycles. The standard InChI is InChI=1S/C14H18N2O3.ClH/c1-9(15)14(17)16-6-2-3-11(16)10-4-5-12-13(7-10)19-8-18-12;/h4-5,7,9,11H,2-3,6,8,15H2,1H3;1H/t9-,11?;/m1./s1. The number of fused-ring (bicyclic) bond motifs is 1. The summed E-state index contributed by atoms with van der Waals surface area (Å²) in [4.78, 5) is 14.0. The highest BCUT2D eigenvalue weighted by Gasteiger charge is 2.32. The van der Waals surface area contributed by atoms with E-state index in [-0.39, 0.29) is 31.1 Å². The highest BCUT2D eigenvalue weighted by molar-refractivity contribution is 5.85. The molecule has 1 fully saturated rings. The average Bonchev–Trinajstić information content (AvgIpc) is 3.05. The molecule has 1 unspecified atom stereocenters. The van der Waals surface area contributed by atoms with E-state index in [4.69, 9.17) is 15.2 Å². The van der Waals surface area contributed by atoms with Gasteiger partial charge < -0.3 is 20.1 Å². The van der Waals surface area contributed by atoms with Gasteiger partial charge in [-0.2, -0.15) is 0 Å². The molecule has 5 nitrogen and oxygen atoms in total. The molecule has 6 heteroatoms. The van der Waals surface area contributed by atoms with Gasteiger partial charge >= 0.3 is 0 Å². The number of nitrogens with zero attached hydrogens (tertiary/aromatic N) is 1. The zero-order valence-corrected chi connectivity index (χ0v) is 12.2. The molecule has 110 valence electrons. The van der Waals surface area contributed by atoms with Crippen molar-refractivity contribution in [3.63, 3.8) is 0 Å². The van der Waals surface area contributed by atoms with Crippen LogP contribution in [0.2, 0.25) is 0 Å². The average molecular weight is 299 g/mol. The third-order valence-electron chi connectivity index (χ3n) is 3.71.